The summed E-state index contributed by atoms with van der Waals surface area (Å²) in [4.78, 5) is 24.3. The van der Waals surface area contributed by atoms with Crippen LogP contribution in [0.4, 0.5) is 0 Å². The number of phenolic OH excluding ortho intramolecular Hbond substituents is 1. The molecule has 0 spiro atoms. The maximum atomic E-state index is 12.3. The predicted octanol–water partition coefficient (Wildman–Crippen LogP) is 3.30. The van der Waals surface area contributed by atoms with E-state index in [4.69, 9.17) is 4.42 Å². The van der Waals surface area contributed by atoms with Gasteiger partial charge >= 0.3 is 0 Å². The largest absolute Gasteiger partial charge is 0.507 e. The zero-order valence-electron chi connectivity index (χ0n) is 14.2. The Kier molecular flexibility index (Phi) is 4.22. The second-order valence-corrected chi connectivity index (χ2v) is 6.12. The number of amides is 2. The molecule has 0 saturated carbocycles. The molecule has 0 fully saturated rings. The quantitative estimate of drug-likeness (QED) is 0.489. The third kappa shape index (κ3) is 3.20. The average molecular weight is 360 g/mol. The predicted molar refractivity (Wildman–Crippen MR) is 101 cm³/mol. The van der Waals surface area contributed by atoms with Gasteiger partial charge in [-0.2, -0.15) is 0 Å². The van der Waals surface area contributed by atoms with Crippen LogP contribution >= 0.6 is 0 Å². The number of para-hydroxylation sites is 1. The fraction of sp³-hybridized carbons (Fsp3) is 0.0476. The molecule has 134 valence electrons. The number of hydrogen-bond acceptors (Lipinski definition) is 4. The van der Waals surface area contributed by atoms with Crippen LogP contribution in [0.3, 0.4) is 0 Å². The first-order valence-electron chi connectivity index (χ1n) is 8.38. The molecule has 0 radical (unpaired) electrons. The SMILES string of the molecule is O=C(Cc1coc2ccc3ccccc3c12)NNC(=O)c1ccccc1O. The summed E-state index contributed by atoms with van der Waals surface area (Å²) in [6, 6.07) is 17.8. The van der Waals surface area contributed by atoms with Crippen LogP contribution in [0.15, 0.2) is 71.3 Å². The minimum absolute atomic E-state index is 0.0437. The molecular formula is C21H16N2O4. The van der Waals surface area contributed by atoms with E-state index in [0.717, 1.165) is 21.7 Å². The fourth-order valence-corrected chi connectivity index (χ4v) is 3.08. The molecule has 0 atom stereocenters. The maximum Gasteiger partial charge on any atom is 0.273 e. The molecule has 6 nitrogen and oxygen atoms in total. The Labute approximate surface area is 154 Å². The zero-order chi connectivity index (χ0) is 18.8. The van der Waals surface area contributed by atoms with Crippen molar-refractivity contribution >= 4 is 33.6 Å². The first-order chi connectivity index (χ1) is 13.1. The molecular weight excluding hydrogens is 344 g/mol. The van der Waals surface area contributed by atoms with E-state index in [2.05, 4.69) is 10.9 Å². The highest BCUT2D eigenvalue weighted by Gasteiger charge is 2.15. The van der Waals surface area contributed by atoms with Crippen molar-refractivity contribution in [3.05, 3.63) is 78.1 Å². The van der Waals surface area contributed by atoms with Gasteiger partial charge in [-0.25, -0.2) is 0 Å². The second-order valence-electron chi connectivity index (χ2n) is 6.12. The minimum atomic E-state index is -0.594. The Morgan fingerprint density at radius 1 is 0.926 bits per heavy atom. The molecule has 0 saturated heterocycles. The Balaban J connectivity index is 1.51. The van der Waals surface area contributed by atoms with Gasteiger partial charge in [-0.05, 0) is 29.0 Å². The summed E-state index contributed by atoms with van der Waals surface area (Å²) in [5.74, 6) is -1.14. The number of aromatic hydroxyl groups is 1. The van der Waals surface area contributed by atoms with E-state index in [1.54, 1.807) is 18.4 Å². The van der Waals surface area contributed by atoms with E-state index in [0.29, 0.717) is 5.58 Å². The number of fused-ring (bicyclic) bond motifs is 3. The van der Waals surface area contributed by atoms with Crippen LogP contribution in [0, 0.1) is 0 Å². The van der Waals surface area contributed by atoms with Crippen LogP contribution in [-0.4, -0.2) is 16.9 Å². The smallest absolute Gasteiger partial charge is 0.273 e. The van der Waals surface area contributed by atoms with Crippen molar-refractivity contribution in [2.75, 3.05) is 0 Å². The molecule has 3 N–H and O–H groups in total. The van der Waals surface area contributed by atoms with Crippen molar-refractivity contribution in [2.45, 2.75) is 6.42 Å². The highest BCUT2D eigenvalue weighted by atomic mass is 16.3. The van der Waals surface area contributed by atoms with Gasteiger partial charge in [0.25, 0.3) is 5.91 Å². The maximum absolute atomic E-state index is 12.3. The molecule has 2 amide bonds. The monoisotopic (exact) mass is 360 g/mol. The molecule has 27 heavy (non-hydrogen) atoms. The molecule has 0 bridgehead atoms. The van der Waals surface area contributed by atoms with E-state index < -0.39 is 11.8 Å². The highest BCUT2D eigenvalue weighted by molar-refractivity contribution is 6.08. The molecule has 0 unspecified atom stereocenters. The van der Waals surface area contributed by atoms with Crippen molar-refractivity contribution in [1.29, 1.82) is 0 Å². The summed E-state index contributed by atoms with van der Waals surface area (Å²) >= 11 is 0. The lowest BCUT2D eigenvalue weighted by Gasteiger charge is -2.08. The van der Waals surface area contributed by atoms with Gasteiger partial charge in [-0.1, -0.05) is 42.5 Å². The molecule has 0 aliphatic carbocycles. The van der Waals surface area contributed by atoms with Gasteiger partial charge in [-0.3, -0.25) is 20.4 Å². The first-order valence-corrected chi connectivity index (χ1v) is 8.38. The van der Waals surface area contributed by atoms with Gasteiger partial charge in [0.1, 0.15) is 11.3 Å². The van der Waals surface area contributed by atoms with E-state index >= 15 is 0 Å². The molecule has 3 aromatic carbocycles. The molecule has 4 aromatic rings. The lowest BCUT2D eigenvalue weighted by atomic mass is 10.0. The third-order valence-corrected chi connectivity index (χ3v) is 4.36. The molecule has 1 heterocycles. The number of hydrazine groups is 1. The molecule has 6 heteroatoms. The number of carbonyl (C=O) groups is 2. The van der Waals surface area contributed by atoms with Gasteiger partial charge in [0.15, 0.2) is 0 Å². The molecule has 4 rings (SSSR count). The fourth-order valence-electron chi connectivity index (χ4n) is 3.08. The lowest BCUT2D eigenvalue weighted by molar-refractivity contribution is -0.121. The summed E-state index contributed by atoms with van der Waals surface area (Å²) in [7, 11) is 0. The van der Waals surface area contributed by atoms with Crippen LogP contribution in [0.2, 0.25) is 0 Å². The van der Waals surface area contributed by atoms with E-state index in [1.807, 2.05) is 36.4 Å². The van der Waals surface area contributed by atoms with Crippen LogP contribution in [0.1, 0.15) is 15.9 Å². The topological polar surface area (TPSA) is 91.6 Å². The van der Waals surface area contributed by atoms with Gasteiger partial charge in [0.05, 0.1) is 18.2 Å². The summed E-state index contributed by atoms with van der Waals surface area (Å²) < 4.78 is 5.57. The Morgan fingerprint density at radius 3 is 2.56 bits per heavy atom. The Hall–Kier alpha value is -3.80. The number of phenols is 1. The molecule has 1 aromatic heterocycles. The number of nitrogens with one attached hydrogen (secondary N) is 2. The van der Waals surface area contributed by atoms with Crippen molar-refractivity contribution in [2.24, 2.45) is 0 Å². The Morgan fingerprint density at radius 2 is 1.70 bits per heavy atom. The third-order valence-electron chi connectivity index (χ3n) is 4.36. The van der Waals surface area contributed by atoms with E-state index in [-0.39, 0.29) is 17.7 Å². The average Bonchev–Trinajstić information content (AvgIpc) is 3.10. The van der Waals surface area contributed by atoms with Crippen LogP contribution in [0.25, 0.3) is 21.7 Å². The van der Waals surface area contributed by atoms with Crippen molar-refractivity contribution in [3.63, 3.8) is 0 Å². The normalized spacial score (nSPS) is 10.8. The summed E-state index contributed by atoms with van der Waals surface area (Å²) in [6.45, 7) is 0. The van der Waals surface area contributed by atoms with E-state index in [1.165, 1.54) is 12.1 Å². The minimum Gasteiger partial charge on any atom is -0.507 e. The number of benzene rings is 3. The van der Waals surface area contributed by atoms with Crippen LogP contribution in [0.5, 0.6) is 5.75 Å². The van der Waals surface area contributed by atoms with Gasteiger partial charge in [0.2, 0.25) is 5.91 Å². The Bertz CT molecular complexity index is 1160. The number of hydrogen-bond donors (Lipinski definition) is 3. The summed E-state index contributed by atoms with van der Waals surface area (Å²) in [6.07, 6.45) is 1.60. The van der Waals surface area contributed by atoms with Crippen LogP contribution < -0.4 is 10.9 Å². The first kappa shape index (κ1) is 16.7. The van der Waals surface area contributed by atoms with Crippen molar-refractivity contribution < 1.29 is 19.1 Å². The van der Waals surface area contributed by atoms with Gasteiger partial charge in [0, 0.05) is 10.9 Å². The zero-order valence-corrected chi connectivity index (χ0v) is 14.2. The number of rotatable bonds is 3. The number of furan rings is 1. The van der Waals surface area contributed by atoms with Crippen molar-refractivity contribution in [1.82, 2.24) is 10.9 Å². The van der Waals surface area contributed by atoms with Gasteiger partial charge in [-0.15, -0.1) is 0 Å². The lowest BCUT2D eigenvalue weighted by Crippen LogP contribution is -2.42. The van der Waals surface area contributed by atoms with Crippen LogP contribution in [-0.2, 0) is 11.2 Å². The standard InChI is InChI=1S/C21H16N2O4/c24-17-8-4-3-7-16(17)21(26)23-22-19(25)11-14-12-27-18-10-9-13-5-1-2-6-15(13)20(14)18/h1-10,12,24H,11H2,(H,22,25)(H,23,26). The molecule has 0 aliphatic heterocycles. The molecule has 0 aliphatic rings. The second kappa shape index (κ2) is 6.84. The highest BCUT2D eigenvalue weighted by Crippen LogP contribution is 2.30. The van der Waals surface area contributed by atoms with Gasteiger partial charge < -0.3 is 9.52 Å². The number of carbonyl (C=O) groups excluding carboxylic acids is 2. The van der Waals surface area contributed by atoms with E-state index in [9.17, 15) is 14.7 Å². The van der Waals surface area contributed by atoms with Crippen molar-refractivity contribution in [3.8, 4) is 5.75 Å². The summed E-state index contributed by atoms with van der Waals surface area (Å²) in [5.41, 5.74) is 6.19. The summed E-state index contributed by atoms with van der Waals surface area (Å²) in [5, 5.41) is 12.6.